The van der Waals surface area contributed by atoms with Gasteiger partial charge in [0.1, 0.15) is 5.75 Å². The lowest BCUT2D eigenvalue weighted by Crippen LogP contribution is -2.49. The van der Waals surface area contributed by atoms with Crippen LogP contribution in [0, 0.1) is 0 Å². The van der Waals surface area contributed by atoms with Crippen LogP contribution in [0.25, 0.3) is 0 Å². The van der Waals surface area contributed by atoms with E-state index >= 15 is 0 Å². The molecule has 5 heteroatoms. The average Bonchev–Trinajstić information content (AvgIpc) is 2.48. The Morgan fingerprint density at radius 1 is 1.45 bits per heavy atom. The summed E-state index contributed by atoms with van der Waals surface area (Å²) in [5, 5.41) is 6.34. The van der Waals surface area contributed by atoms with Crippen molar-refractivity contribution in [1.82, 2.24) is 10.2 Å². The average molecular weight is 277 g/mol. The van der Waals surface area contributed by atoms with Crippen LogP contribution in [0.1, 0.15) is 19.8 Å². The van der Waals surface area contributed by atoms with E-state index in [4.69, 9.17) is 4.74 Å². The molecule has 20 heavy (non-hydrogen) atoms. The number of urea groups is 1. The van der Waals surface area contributed by atoms with E-state index in [-0.39, 0.29) is 6.03 Å². The molecule has 1 aliphatic rings. The van der Waals surface area contributed by atoms with Crippen molar-refractivity contribution >= 4 is 11.7 Å². The van der Waals surface area contributed by atoms with Crippen molar-refractivity contribution in [1.29, 1.82) is 0 Å². The van der Waals surface area contributed by atoms with Gasteiger partial charge in [0, 0.05) is 19.1 Å². The molecule has 0 aliphatic carbocycles. The van der Waals surface area contributed by atoms with E-state index < -0.39 is 0 Å². The van der Waals surface area contributed by atoms with Gasteiger partial charge in [-0.2, -0.15) is 0 Å². The van der Waals surface area contributed by atoms with Crippen LogP contribution >= 0.6 is 0 Å². The van der Waals surface area contributed by atoms with E-state index in [1.165, 1.54) is 0 Å². The highest BCUT2D eigenvalue weighted by Gasteiger charge is 2.23. The van der Waals surface area contributed by atoms with Gasteiger partial charge in [-0.3, -0.25) is 0 Å². The number of anilines is 1. The van der Waals surface area contributed by atoms with Crippen molar-refractivity contribution in [3.05, 3.63) is 24.3 Å². The lowest BCUT2D eigenvalue weighted by molar-refractivity contribution is 0.186. The van der Waals surface area contributed by atoms with E-state index in [1.807, 2.05) is 29.2 Å². The fourth-order valence-corrected chi connectivity index (χ4v) is 2.56. The molecule has 5 nitrogen and oxygen atoms in total. The first kappa shape index (κ1) is 14.7. The van der Waals surface area contributed by atoms with Crippen molar-refractivity contribution in [3.63, 3.8) is 0 Å². The van der Waals surface area contributed by atoms with Crippen LogP contribution in [-0.4, -0.2) is 43.7 Å². The SMILES string of the molecule is CCNC1CCCN(C(=O)Nc2ccccc2OC)C1. The highest BCUT2D eigenvalue weighted by Crippen LogP contribution is 2.23. The molecule has 0 saturated carbocycles. The molecule has 1 heterocycles. The minimum absolute atomic E-state index is 0.0582. The van der Waals surface area contributed by atoms with Gasteiger partial charge in [-0.25, -0.2) is 4.79 Å². The van der Waals surface area contributed by atoms with Crippen LogP contribution in [0.5, 0.6) is 5.75 Å². The Balaban J connectivity index is 1.97. The molecule has 2 N–H and O–H groups in total. The van der Waals surface area contributed by atoms with Crippen molar-refractivity contribution < 1.29 is 9.53 Å². The molecule has 1 aromatic carbocycles. The number of para-hydroxylation sites is 2. The van der Waals surface area contributed by atoms with E-state index in [0.29, 0.717) is 17.5 Å². The van der Waals surface area contributed by atoms with Gasteiger partial charge in [0.25, 0.3) is 0 Å². The molecule has 1 aliphatic heterocycles. The molecule has 2 rings (SSSR count). The van der Waals surface area contributed by atoms with Gasteiger partial charge in [0.05, 0.1) is 12.8 Å². The third-order valence-corrected chi connectivity index (χ3v) is 3.55. The number of hydrogen-bond acceptors (Lipinski definition) is 3. The Morgan fingerprint density at radius 3 is 3.00 bits per heavy atom. The minimum Gasteiger partial charge on any atom is -0.495 e. The largest absolute Gasteiger partial charge is 0.495 e. The molecule has 0 radical (unpaired) electrons. The number of hydrogen-bond donors (Lipinski definition) is 2. The summed E-state index contributed by atoms with van der Waals surface area (Å²) in [5.74, 6) is 0.682. The number of amides is 2. The molecule has 1 fully saturated rings. The quantitative estimate of drug-likeness (QED) is 0.888. The van der Waals surface area contributed by atoms with Gasteiger partial charge in [0.15, 0.2) is 0 Å². The summed E-state index contributed by atoms with van der Waals surface area (Å²) in [4.78, 5) is 14.2. The van der Waals surface area contributed by atoms with Gasteiger partial charge in [0.2, 0.25) is 0 Å². The number of rotatable bonds is 4. The van der Waals surface area contributed by atoms with E-state index in [2.05, 4.69) is 17.6 Å². The summed E-state index contributed by atoms with van der Waals surface area (Å²) in [6.07, 6.45) is 2.17. The Kier molecular flexibility index (Phi) is 5.24. The predicted molar refractivity (Wildman–Crippen MR) is 80.3 cm³/mol. The number of benzene rings is 1. The number of methoxy groups -OCH3 is 1. The number of likely N-dealkylation sites (N-methyl/N-ethyl adjacent to an activating group) is 1. The maximum Gasteiger partial charge on any atom is 0.322 e. The number of likely N-dealkylation sites (tertiary alicyclic amines) is 1. The highest BCUT2D eigenvalue weighted by atomic mass is 16.5. The topological polar surface area (TPSA) is 53.6 Å². The summed E-state index contributed by atoms with van der Waals surface area (Å²) in [7, 11) is 1.60. The van der Waals surface area contributed by atoms with Crippen LogP contribution in [0.2, 0.25) is 0 Å². The van der Waals surface area contributed by atoms with Crippen molar-refractivity contribution in [2.45, 2.75) is 25.8 Å². The lowest BCUT2D eigenvalue weighted by atomic mass is 10.1. The molecule has 110 valence electrons. The second-order valence-corrected chi connectivity index (χ2v) is 4.97. The lowest BCUT2D eigenvalue weighted by Gasteiger charge is -2.33. The summed E-state index contributed by atoms with van der Waals surface area (Å²) >= 11 is 0. The van der Waals surface area contributed by atoms with E-state index in [0.717, 1.165) is 32.5 Å². The first-order valence-electron chi connectivity index (χ1n) is 7.17. The normalized spacial score (nSPS) is 18.7. The fraction of sp³-hybridized carbons (Fsp3) is 0.533. The number of nitrogens with one attached hydrogen (secondary N) is 2. The third kappa shape index (κ3) is 3.63. The number of nitrogens with zero attached hydrogens (tertiary/aromatic N) is 1. The zero-order valence-electron chi connectivity index (χ0n) is 12.2. The molecular formula is C15H23N3O2. The Hall–Kier alpha value is -1.75. The fourth-order valence-electron chi connectivity index (χ4n) is 2.56. The smallest absolute Gasteiger partial charge is 0.322 e. The molecule has 0 bridgehead atoms. The maximum absolute atomic E-state index is 12.3. The third-order valence-electron chi connectivity index (χ3n) is 3.55. The van der Waals surface area contributed by atoms with Crippen molar-refractivity contribution in [2.24, 2.45) is 0 Å². The molecule has 1 atom stereocenters. The van der Waals surface area contributed by atoms with Gasteiger partial charge >= 0.3 is 6.03 Å². The molecule has 1 aromatic rings. The predicted octanol–water partition coefficient (Wildman–Crippen LogP) is 2.30. The van der Waals surface area contributed by atoms with Crippen LogP contribution in [0.3, 0.4) is 0 Å². The first-order valence-corrected chi connectivity index (χ1v) is 7.17. The van der Waals surface area contributed by atoms with Crippen molar-refractivity contribution in [3.8, 4) is 5.75 Å². The van der Waals surface area contributed by atoms with Crippen LogP contribution < -0.4 is 15.4 Å². The van der Waals surface area contributed by atoms with Gasteiger partial charge in [-0.15, -0.1) is 0 Å². The van der Waals surface area contributed by atoms with Gasteiger partial charge in [-0.1, -0.05) is 19.1 Å². The standard InChI is InChI=1S/C15H23N3O2/c1-3-16-12-7-6-10-18(11-12)15(19)17-13-8-4-5-9-14(13)20-2/h4-5,8-9,12,16H,3,6-7,10-11H2,1-2H3,(H,17,19). The zero-order valence-corrected chi connectivity index (χ0v) is 12.2. The van der Waals surface area contributed by atoms with E-state index in [9.17, 15) is 4.79 Å². The molecule has 1 unspecified atom stereocenters. The number of carbonyl (C=O) groups excluding carboxylic acids is 1. The van der Waals surface area contributed by atoms with Crippen molar-refractivity contribution in [2.75, 3.05) is 32.1 Å². The number of ether oxygens (including phenoxy) is 1. The highest BCUT2D eigenvalue weighted by molar-refractivity contribution is 5.91. The van der Waals surface area contributed by atoms with Gasteiger partial charge in [-0.05, 0) is 31.5 Å². The minimum atomic E-state index is -0.0582. The number of carbonyl (C=O) groups is 1. The summed E-state index contributed by atoms with van der Waals surface area (Å²) < 4.78 is 5.25. The summed E-state index contributed by atoms with van der Waals surface area (Å²) in [6, 6.07) is 7.80. The zero-order chi connectivity index (χ0) is 14.4. The molecule has 0 aromatic heterocycles. The molecular weight excluding hydrogens is 254 g/mol. The summed E-state index contributed by atoms with van der Waals surface area (Å²) in [5.41, 5.74) is 0.713. The van der Waals surface area contributed by atoms with Gasteiger partial charge < -0.3 is 20.3 Å². The first-order chi connectivity index (χ1) is 9.74. The monoisotopic (exact) mass is 277 g/mol. The van der Waals surface area contributed by atoms with Crippen LogP contribution in [0.4, 0.5) is 10.5 Å². The maximum atomic E-state index is 12.3. The number of piperidine rings is 1. The van der Waals surface area contributed by atoms with Crippen LogP contribution in [0.15, 0.2) is 24.3 Å². The van der Waals surface area contributed by atoms with Crippen LogP contribution in [-0.2, 0) is 0 Å². The molecule has 2 amide bonds. The second-order valence-electron chi connectivity index (χ2n) is 4.97. The second kappa shape index (κ2) is 7.14. The summed E-state index contributed by atoms with van der Waals surface area (Å²) in [6.45, 7) is 4.60. The molecule has 1 saturated heterocycles. The Bertz CT molecular complexity index is 448. The molecule has 0 spiro atoms. The van der Waals surface area contributed by atoms with E-state index in [1.54, 1.807) is 7.11 Å². The Labute approximate surface area is 120 Å². The Morgan fingerprint density at radius 2 is 2.25 bits per heavy atom.